The van der Waals surface area contributed by atoms with Gasteiger partial charge in [-0.05, 0) is 56.2 Å². The smallest absolute Gasteiger partial charge is 0.411 e. The van der Waals surface area contributed by atoms with Gasteiger partial charge in [0.2, 0.25) is 0 Å². The van der Waals surface area contributed by atoms with Gasteiger partial charge in [0.25, 0.3) is 0 Å². The molecule has 1 fully saturated rings. The van der Waals surface area contributed by atoms with Crippen molar-refractivity contribution in [1.82, 2.24) is 9.97 Å². The highest BCUT2D eigenvalue weighted by molar-refractivity contribution is 7.99. The molecule has 1 N–H and O–H groups in total. The van der Waals surface area contributed by atoms with Gasteiger partial charge in [-0.3, -0.25) is 10.3 Å². The van der Waals surface area contributed by atoms with Gasteiger partial charge >= 0.3 is 6.09 Å². The Balaban J connectivity index is 1.53. The van der Waals surface area contributed by atoms with Crippen molar-refractivity contribution in [2.45, 2.75) is 29.6 Å². The Morgan fingerprint density at radius 3 is 2.24 bits per heavy atom. The molecular formula is C29H29N5O2S. The van der Waals surface area contributed by atoms with Gasteiger partial charge in [-0.1, -0.05) is 48.2 Å². The standard InChI is InChI=1S/C29H29N5O2S/c1-2-36-29(35)32-22-17-25(20-30-19-22)37-26-18-27(28(31-21-26)33-15-9-10-16-33)34(23-11-5-3-6-12-23)24-13-7-4-8-14-24/h3-8,11-14,17-21H,2,9-10,15-16H2,1H3,(H,32,35). The molecule has 0 bridgehead atoms. The second kappa shape index (κ2) is 11.8. The van der Waals surface area contributed by atoms with Crippen LogP contribution >= 0.6 is 11.8 Å². The number of carbonyl (C=O) groups is 1. The van der Waals surface area contributed by atoms with E-state index < -0.39 is 6.09 Å². The van der Waals surface area contributed by atoms with Gasteiger partial charge in [-0.15, -0.1) is 0 Å². The van der Waals surface area contributed by atoms with Crippen LogP contribution in [0.4, 0.5) is 33.4 Å². The molecule has 37 heavy (non-hydrogen) atoms. The fraction of sp³-hybridized carbons (Fsp3) is 0.207. The molecule has 0 saturated carbocycles. The van der Waals surface area contributed by atoms with E-state index in [1.54, 1.807) is 31.1 Å². The molecule has 1 amide bonds. The Hall–Kier alpha value is -4.04. The molecule has 1 aliphatic heterocycles. The molecule has 2 aromatic carbocycles. The predicted molar refractivity (Wildman–Crippen MR) is 149 cm³/mol. The number of nitrogens with zero attached hydrogens (tertiary/aromatic N) is 4. The highest BCUT2D eigenvalue weighted by Gasteiger charge is 2.23. The van der Waals surface area contributed by atoms with E-state index in [0.29, 0.717) is 12.3 Å². The van der Waals surface area contributed by atoms with Crippen LogP contribution in [-0.4, -0.2) is 35.8 Å². The number of rotatable bonds is 8. The molecule has 5 rings (SSSR count). The molecule has 0 atom stereocenters. The van der Waals surface area contributed by atoms with Crippen molar-refractivity contribution in [3.8, 4) is 0 Å². The van der Waals surface area contributed by atoms with Crippen molar-refractivity contribution < 1.29 is 9.53 Å². The van der Waals surface area contributed by atoms with E-state index in [1.807, 2.05) is 24.4 Å². The van der Waals surface area contributed by atoms with Gasteiger partial charge in [-0.2, -0.15) is 0 Å². The summed E-state index contributed by atoms with van der Waals surface area (Å²) in [6.07, 6.45) is 7.14. The summed E-state index contributed by atoms with van der Waals surface area (Å²) < 4.78 is 4.99. The zero-order chi connectivity index (χ0) is 25.5. The van der Waals surface area contributed by atoms with E-state index in [4.69, 9.17) is 9.72 Å². The minimum absolute atomic E-state index is 0.310. The first-order chi connectivity index (χ1) is 18.2. The fourth-order valence-corrected chi connectivity index (χ4v) is 5.21. The number of ether oxygens (including phenoxy) is 1. The first-order valence-electron chi connectivity index (χ1n) is 12.4. The van der Waals surface area contributed by atoms with Crippen LogP contribution in [0.1, 0.15) is 19.8 Å². The Labute approximate surface area is 221 Å². The van der Waals surface area contributed by atoms with Crippen molar-refractivity contribution in [2.24, 2.45) is 0 Å². The van der Waals surface area contributed by atoms with Gasteiger partial charge < -0.3 is 14.5 Å². The third kappa shape index (κ3) is 6.03. The number of hydrogen-bond donors (Lipinski definition) is 1. The van der Waals surface area contributed by atoms with Crippen molar-refractivity contribution in [3.63, 3.8) is 0 Å². The van der Waals surface area contributed by atoms with Crippen LogP contribution < -0.4 is 15.1 Å². The predicted octanol–water partition coefficient (Wildman–Crippen LogP) is 7.27. The SMILES string of the molecule is CCOC(=O)Nc1cncc(Sc2cnc(N3CCCC3)c(N(c3ccccc3)c3ccccc3)c2)c1. The molecular weight excluding hydrogens is 482 g/mol. The molecule has 4 aromatic rings. The molecule has 2 aromatic heterocycles. The van der Waals surface area contributed by atoms with Crippen LogP contribution in [0.3, 0.4) is 0 Å². The summed E-state index contributed by atoms with van der Waals surface area (Å²) in [4.78, 5) is 27.6. The molecule has 3 heterocycles. The van der Waals surface area contributed by atoms with E-state index in [0.717, 1.165) is 45.8 Å². The lowest BCUT2D eigenvalue weighted by Gasteiger charge is -2.30. The van der Waals surface area contributed by atoms with Crippen molar-refractivity contribution >= 4 is 46.4 Å². The highest BCUT2D eigenvalue weighted by Crippen LogP contribution is 2.42. The third-order valence-electron chi connectivity index (χ3n) is 5.97. The largest absolute Gasteiger partial charge is 0.450 e. The van der Waals surface area contributed by atoms with Crippen LogP contribution in [-0.2, 0) is 4.74 Å². The van der Waals surface area contributed by atoms with Crippen LogP contribution in [0.5, 0.6) is 0 Å². The molecule has 8 heteroatoms. The second-order valence-corrected chi connectivity index (χ2v) is 9.72. The zero-order valence-electron chi connectivity index (χ0n) is 20.7. The lowest BCUT2D eigenvalue weighted by molar-refractivity contribution is 0.168. The summed E-state index contributed by atoms with van der Waals surface area (Å²) in [5, 5.41) is 2.72. The lowest BCUT2D eigenvalue weighted by Crippen LogP contribution is -2.22. The maximum Gasteiger partial charge on any atom is 0.411 e. The highest BCUT2D eigenvalue weighted by atomic mass is 32.2. The van der Waals surface area contributed by atoms with E-state index in [1.165, 1.54) is 12.8 Å². The summed E-state index contributed by atoms with van der Waals surface area (Å²) >= 11 is 1.55. The van der Waals surface area contributed by atoms with E-state index in [9.17, 15) is 4.79 Å². The Bertz CT molecular complexity index is 1290. The number of hydrogen-bond acceptors (Lipinski definition) is 7. The molecule has 188 valence electrons. The zero-order valence-corrected chi connectivity index (χ0v) is 21.5. The van der Waals surface area contributed by atoms with Gasteiger partial charge in [0.15, 0.2) is 5.82 Å². The first kappa shape index (κ1) is 24.6. The summed E-state index contributed by atoms with van der Waals surface area (Å²) in [5.74, 6) is 0.977. The molecule has 0 unspecified atom stereocenters. The first-order valence-corrected chi connectivity index (χ1v) is 13.2. The normalized spacial score (nSPS) is 12.8. The minimum atomic E-state index is -0.494. The Morgan fingerprint density at radius 1 is 0.946 bits per heavy atom. The van der Waals surface area contributed by atoms with Crippen LogP contribution in [0.15, 0.2) is 101 Å². The number of amides is 1. The number of para-hydroxylation sites is 2. The minimum Gasteiger partial charge on any atom is -0.450 e. The number of anilines is 5. The Kier molecular flexibility index (Phi) is 7.86. The summed E-state index contributed by atoms with van der Waals surface area (Å²) in [5.41, 5.74) is 3.75. The van der Waals surface area contributed by atoms with Crippen molar-refractivity contribution in [3.05, 3.63) is 91.4 Å². The fourth-order valence-electron chi connectivity index (χ4n) is 4.37. The van der Waals surface area contributed by atoms with Crippen molar-refractivity contribution in [1.29, 1.82) is 0 Å². The molecule has 0 radical (unpaired) electrons. The maximum atomic E-state index is 11.8. The van der Waals surface area contributed by atoms with Crippen molar-refractivity contribution in [2.75, 3.05) is 34.8 Å². The van der Waals surface area contributed by atoms with Crippen LogP contribution in [0.25, 0.3) is 0 Å². The number of aromatic nitrogens is 2. The summed E-state index contributed by atoms with van der Waals surface area (Å²) in [6.45, 7) is 4.07. The van der Waals surface area contributed by atoms with E-state index in [2.05, 4.69) is 74.7 Å². The summed E-state index contributed by atoms with van der Waals surface area (Å²) in [7, 11) is 0. The molecule has 1 aliphatic rings. The lowest BCUT2D eigenvalue weighted by atomic mass is 10.2. The molecule has 0 aliphatic carbocycles. The molecule has 7 nitrogen and oxygen atoms in total. The quantitative estimate of drug-likeness (QED) is 0.267. The van der Waals surface area contributed by atoms with E-state index in [-0.39, 0.29) is 0 Å². The van der Waals surface area contributed by atoms with Crippen LogP contribution in [0, 0.1) is 0 Å². The molecule has 1 saturated heterocycles. The topological polar surface area (TPSA) is 70.6 Å². The van der Waals surface area contributed by atoms with Gasteiger partial charge in [-0.25, -0.2) is 9.78 Å². The van der Waals surface area contributed by atoms with Gasteiger partial charge in [0.1, 0.15) is 0 Å². The number of carbonyl (C=O) groups excluding carboxylic acids is 1. The van der Waals surface area contributed by atoms with Gasteiger partial charge in [0.05, 0.1) is 24.2 Å². The average Bonchev–Trinajstić information content (AvgIpc) is 3.46. The monoisotopic (exact) mass is 511 g/mol. The number of pyridine rings is 2. The third-order valence-corrected chi connectivity index (χ3v) is 6.89. The average molecular weight is 512 g/mol. The second-order valence-electron chi connectivity index (χ2n) is 8.57. The number of nitrogens with one attached hydrogen (secondary N) is 1. The Morgan fingerprint density at radius 2 is 1.59 bits per heavy atom. The summed E-state index contributed by atoms with van der Waals surface area (Å²) in [6, 6.07) is 24.8. The van der Waals surface area contributed by atoms with E-state index >= 15 is 0 Å². The molecule has 0 spiro atoms. The number of benzene rings is 2. The van der Waals surface area contributed by atoms with Crippen LogP contribution in [0.2, 0.25) is 0 Å². The van der Waals surface area contributed by atoms with Gasteiger partial charge in [0, 0.05) is 46.6 Å². The maximum absolute atomic E-state index is 11.8.